The molecule has 0 bridgehead atoms. The lowest BCUT2D eigenvalue weighted by Crippen LogP contribution is -2.47. The summed E-state index contributed by atoms with van der Waals surface area (Å²) >= 11 is 0. The Labute approximate surface area is 148 Å². The van der Waals surface area contributed by atoms with E-state index >= 15 is 0 Å². The smallest absolute Gasteiger partial charge is 0.193 e. The summed E-state index contributed by atoms with van der Waals surface area (Å²) in [6.45, 7) is 5.37. The van der Waals surface area contributed by atoms with E-state index in [2.05, 4.69) is 20.1 Å². The third-order valence-electron chi connectivity index (χ3n) is 4.31. The number of anilines is 2. The Morgan fingerprint density at radius 1 is 1.00 bits per heavy atom. The van der Waals surface area contributed by atoms with Crippen LogP contribution in [0.3, 0.4) is 0 Å². The Morgan fingerprint density at radius 3 is 2.36 bits per heavy atom. The van der Waals surface area contributed by atoms with E-state index in [1.165, 1.54) is 12.1 Å². The average Bonchev–Trinajstić information content (AvgIpc) is 2.64. The highest BCUT2D eigenvalue weighted by Crippen LogP contribution is 2.16. The fourth-order valence-electron chi connectivity index (χ4n) is 2.90. The number of aliphatic imine (C=N–C) groups is 1. The molecule has 0 aromatic heterocycles. The number of hydrogen-bond donors (Lipinski definition) is 2. The van der Waals surface area contributed by atoms with Gasteiger partial charge in [0.05, 0.1) is 6.54 Å². The highest BCUT2D eigenvalue weighted by molar-refractivity contribution is 5.92. The molecule has 1 aliphatic rings. The standard InChI is InChI=1S/C19H24FN5/c20-16-6-8-18(9-7-16)25-14-12-24(13-15-25)11-10-22-19(21)23-17-4-2-1-3-5-17/h1-9H,10-15H2,(H3,21,22,23). The Bertz CT molecular complexity index is 679. The molecule has 0 unspecified atom stereocenters. The highest BCUT2D eigenvalue weighted by Gasteiger charge is 2.16. The minimum atomic E-state index is -0.193. The number of nitrogens with one attached hydrogen (secondary N) is 1. The SMILES string of the molecule is NC(=NCCN1CCN(c2ccc(F)cc2)CC1)Nc1ccccc1. The maximum Gasteiger partial charge on any atom is 0.193 e. The summed E-state index contributed by atoms with van der Waals surface area (Å²) in [6, 6.07) is 16.5. The van der Waals surface area contributed by atoms with Crippen molar-refractivity contribution >= 4 is 17.3 Å². The van der Waals surface area contributed by atoms with Gasteiger partial charge in [0, 0.05) is 44.1 Å². The molecule has 2 aromatic rings. The zero-order valence-corrected chi connectivity index (χ0v) is 14.2. The topological polar surface area (TPSA) is 56.9 Å². The van der Waals surface area contributed by atoms with Crippen LogP contribution in [-0.2, 0) is 0 Å². The molecule has 0 saturated carbocycles. The van der Waals surface area contributed by atoms with E-state index in [9.17, 15) is 4.39 Å². The molecule has 132 valence electrons. The first-order valence-electron chi connectivity index (χ1n) is 8.55. The van der Waals surface area contributed by atoms with Crippen LogP contribution in [0.25, 0.3) is 0 Å². The number of benzene rings is 2. The average molecular weight is 341 g/mol. The zero-order valence-electron chi connectivity index (χ0n) is 14.2. The normalized spacial score (nSPS) is 16.0. The largest absolute Gasteiger partial charge is 0.370 e. The number of halogens is 1. The molecule has 0 atom stereocenters. The van der Waals surface area contributed by atoms with Crippen LogP contribution in [0.2, 0.25) is 0 Å². The number of nitrogens with zero attached hydrogens (tertiary/aromatic N) is 3. The molecule has 3 rings (SSSR count). The number of para-hydroxylation sites is 1. The molecule has 0 radical (unpaired) electrons. The molecule has 0 amide bonds. The molecule has 1 fully saturated rings. The lowest BCUT2D eigenvalue weighted by atomic mass is 10.2. The van der Waals surface area contributed by atoms with Crippen LogP contribution in [0.5, 0.6) is 0 Å². The van der Waals surface area contributed by atoms with Crippen LogP contribution in [0.4, 0.5) is 15.8 Å². The Hall–Kier alpha value is -2.60. The van der Waals surface area contributed by atoms with E-state index in [1.54, 1.807) is 0 Å². The van der Waals surface area contributed by atoms with Gasteiger partial charge in [0.2, 0.25) is 0 Å². The van der Waals surface area contributed by atoms with Gasteiger partial charge in [-0.05, 0) is 36.4 Å². The minimum Gasteiger partial charge on any atom is -0.370 e. The number of hydrogen-bond acceptors (Lipinski definition) is 3. The molecule has 3 N–H and O–H groups in total. The number of piperazine rings is 1. The Morgan fingerprint density at radius 2 is 1.68 bits per heavy atom. The van der Waals surface area contributed by atoms with Crippen molar-refractivity contribution in [2.45, 2.75) is 0 Å². The summed E-state index contributed by atoms with van der Waals surface area (Å²) in [4.78, 5) is 9.04. The van der Waals surface area contributed by atoms with Gasteiger partial charge in [-0.1, -0.05) is 18.2 Å². The highest BCUT2D eigenvalue weighted by atomic mass is 19.1. The van der Waals surface area contributed by atoms with Crippen molar-refractivity contribution < 1.29 is 4.39 Å². The second kappa shape index (κ2) is 8.48. The van der Waals surface area contributed by atoms with Crippen LogP contribution >= 0.6 is 0 Å². The van der Waals surface area contributed by atoms with E-state index in [0.717, 1.165) is 44.1 Å². The number of nitrogens with two attached hydrogens (primary N) is 1. The van der Waals surface area contributed by atoms with Crippen molar-refractivity contribution in [3.8, 4) is 0 Å². The van der Waals surface area contributed by atoms with Gasteiger partial charge in [0.25, 0.3) is 0 Å². The Balaban J connectivity index is 1.40. The predicted octanol–water partition coefficient (Wildman–Crippen LogP) is 2.37. The van der Waals surface area contributed by atoms with E-state index < -0.39 is 0 Å². The van der Waals surface area contributed by atoms with Crippen molar-refractivity contribution in [1.29, 1.82) is 0 Å². The van der Waals surface area contributed by atoms with Gasteiger partial charge in [-0.3, -0.25) is 9.89 Å². The lowest BCUT2D eigenvalue weighted by Gasteiger charge is -2.35. The second-order valence-electron chi connectivity index (χ2n) is 6.06. The first kappa shape index (κ1) is 17.2. The van der Waals surface area contributed by atoms with Crippen molar-refractivity contribution in [3.05, 3.63) is 60.4 Å². The summed E-state index contributed by atoms with van der Waals surface area (Å²) in [5.41, 5.74) is 7.93. The van der Waals surface area contributed by atoms with E-state index in [0.29, 0.717) is 12.5 Å². The molecular weight excluding hydrogens is 317 g/mol. The lowest BCUT2D eigenvalue weighted by molar-refractivity contribution is 0.265. The molecule has 5 nitrogen and oxygen atoms in total. The third-order valence-corrected chi connectivity index (χ3v) is 4.31. The number of rotatable bonds is 5. The quantitative estimate of drug-likeness (QED) is 0.648. The van der Waals surface area contributed by atoms with Gasteiger partial charge in [0.1, 0.15) is 5.82 Å². The Kier molecular flexibility index (Phi) is 5.85. The van der Waals surface area contributed by atoms with Crippen LogP contribution in [0, 0.1) is 5.82 Å². The fraction of sp³-hybridized carbons (Fsp3) is 0.316. The van der Waals surface area contributed by atoms with Crippen molar-refractivity contribution in [1.82, 2.24) is 4.90 Å². The van der Waals surface area contributed by atoms with Gasteiger partial charge < -0.3 is 16.0 Å². The van der Waals surface area contributed by atoms with Gasteiger partial charge in [0.15, 0.2) is 5.96 Å². The molecule has 1 heterocycles. The molecule has 1 saturated heterocycles. The van der Waals surface area contributed by atoms with Gasteiger partial charge >= 0.3 is 0 Å². The molecule has 6 heteroatoms. The minimum absolute atomic E-state index is 0.193. The third kappa shape index (κ3) is 5.19. The number of guanidine groups is 1. The molecule has 25 heavy (non-hydrogen) atoms. The summed E-state index contributed by atoms with van der Waals surface area (Å²) in [5.74, 6) is 0.248. The predicted molar refractivity (Wildman–Crippen MR) is 102 cm³/mol. The van der Waals surface area contributed by atoms with Crippen LogP contribution in [-0.4, -0.2) is 50.1 Å². The van der Waals surface area contributed by atoms with Crippen LogP contribution in [0.1, 0.15) is 0 Å². The summed E-state index contributed by atoms with van der Waals surface area (Å²) in [6.07, 6.45) is 0. The van der Waals surface area contributed by atoms with Crippen molar-refractivity contribution in [3.63, 3.8) is 0 Å². The summed E-state index contributed by atoms with van der Waals surface area (Å²) < 4.78 is 13.0. The maximum atomic E-state index is 13.0. The second-order valence-corrected chi connectivity index (χ2v) is 6.06. The van der Waals surface area contributed by atoms with Gasteiger partial charge in [-0.25, -0.2) is 4.39 Å². The van der Waals surface area contributed by atoms with Gasteiger partial charge in [-0.15, -0.1) is 0 Å². The summed E-state index contributed by atoms with van der Waals surface area (Å²) in [5, 5.41) is 3.08. The van der Waals surface area contributed by atoms with Crippen LogP contribution < -0.4 is 16.0 Å². The van der Waals surface area contributed by atoms with Crippen molar-refractivity contribution in [2.24, 2.45) is 10.7 Å². The maximum absolute atomic E-state index is 13.0. The van der Waals surface area contributed by atoms with Gasteiger partial charge in [-0.2, -0.15) is 0 Å². The van der Waals surface area contributed by atoms with E-state index in [-0.39, 0.29) is 5.82 Å². The van der Waals surface area contributed by atoms with Crippen molar-refractivity contribution in [2.75, 3.05) is 49.5 Å². The molecule has 0 aliphatic carbocycles. The molecule has 2 aromatic carbocycles. The molecule has 0 spiro atoms. The fourth-order valence-corrected chi connectivity index (χ4v) is 2.90. The summed E-state index contributed by atoms with van der Waals surface area (Å²) in [7, 11) is 0. The van der Waals surface area contributed by atoms with Crippen LogP contribution in [0.15, 0.2) is 59.6 Å². The van der Waals surface area contributed by atoms with E-state index in [1.807, 2.05) is 42.5 Å². The molecule has 1 aliphatic heterocycles. The first-order chi connectivity index (χ1) is 12.2. The first-order valence-corrected chi connectivity index (χ1v) is 8.55. The zero-order chi connectivity index (χ0) is 17.5. The molecular formula is C19H24FN5. The monoisotopic (exact) mass is 341 g/mol. The van der Waals surface area contributed by atoms with E-state index in [4.69, 9.17) is 5.73 Å².